The third-order valence-corrected chi connectivity index (χ3v) is 6.33. The van der Waals surface area contributed by atoms with E-state index in [1.54, 1.807) is 26.2 Å². The van der Waals surface area contributed by atoms with Crippen LogP contribution in [0.4, 0.5) is 5.69 Å². The van der Waals surface area contributed by atoms with Crippen LogP contribution in [0.5, 0.6) is 0 Å². The highest BCUT2D eigenvalue weighted by Crippen LogP contribution is 2.25. The predicted octanol–water partition coefficient (Wildman–Crippen LogP) is 2.85. The lowest BCUT2D eigenvalue weighted by Gasteiger charge is -2.23. The van der Waals surface area contributed by atoms with E-state index in [1.165, 1.54) is 28.6 Å². The van der Waals surface area contributed by atoms with Gasteiger partial charge in [0.1, 0.15) is 0 Å². The van der Waals surface area contributed by atoms with Gasteiger partial charge in [-0.1, -0.05) is 0 Å². The molecule has 25 heavy (non-hydrogen) atoms. The first-order chi connectivity index (χ1) is 11.8. The number of aryl methyl sites for hydroxylation is 1. The van der Waals surface area contributed by atoms with Gasteiger partial charge in [0.15, 0.2) is 0 Å². The van der Waals surface area contributed by atoms with E-state index < -0.39 is 10.0 Å². The maximum absolute atomic E-state index is 13.1. The molecule has 0 saturated heterocycles. The number of hydrogen-bond donors (Lipinski definition) is 1. The molecule has 1 N–H and O–H groups in total. The van der Waals surface area contributed by atoms with Crippen molar-refractivity contribution < 1.29 is 17.9 Å². The van der Waals surface area contributed by atoms with E-state index in [2.05, 4.69) is 5.32 Å². The number of amides is 1. The van der Waals surface area contributed by atoms with E-state index in [0.717, 1.165) is 5.56 Å². The van der Waals surface area contributed by atoms with Gasteiger partial charge in [-0.3, -0.25) is 4.79 Å². The zero-order valence-electron chi connectivity index (χ0n) is 14.5. The molecule has 136 valence electrons. The Hall–Kier alpha value is -1.74. The fraction of sp³-hybridized carbons (Fsp3) is 0.353. The Labute approximate surface area is 152 Å². The minimum atomic E-state index is -3.68. The van der Waals surface area contributed by atoms with Gasteiger partial charge >= 0.3 is 0 Å². The minimum Gasteiger partial charge on any atom is -0.383 e. The maximum Gasteiger partial charge on any atom is 0.243 e. The standard InChI is InChI=1S/C17H22N2O4S2/c1-13-10-16(18-14(2)20)4-5-17(13)25(21,22)19(7-8-23-3)11-15-6-9-24-12-15/h4-6,9-10,12H,7-8,11H2,1-3H3,(H,18,20). The van der Waals surface area contributed by atoms with Crippen molar-refractivity contribution >= 4 is 33.0 Å². The van der Waals surface area contributed by atoms with Crippen LogP contribution in [0.15, 0.2) is 39.9 Å². The number of ether oxygens (including phenoxy) is 1. The quantitative estimate of drug-likeness (QED) is 0.762. The number of carbonyl (C=O) groups excluding carboxylic acids is 1. The zero-order valence-corrected chi connectivity index (χ0v) is 16.1. The molecule has 2 rings (SSSR count). The van der Waals surface area contributed by atoms with E-state index in [0.29, 0.717) is 24.4 Å². The molecule has 0 bridgehead atoms. The number of hydrogen-bond acceptors (Lipinski definition) is 5. The van der Waals surface area contributed by atoms with E-state index in [9.17, 15) is 13.2 Å². The van der Waals surface area contributed by atoms with Gasteiger partial charge in [0.05, 0.1) is 11.5 Å². The van der Waals surface area contributed by atoms with Crippen LogP contribution in [0, 0.1) is 6.92 Å². The fourth-order valence-electron chi connectivity index (χ4n) is 2.42. The third-order valence-electron chi connectivity index (χ3n) is 3.60. The Balaban J connectivity index is 2.33. The van der Waals surface area contributed by atoms with Crippen LogP contribution in [0.2, 0.25) is 0 Å². The molecule has 1 aromatic heterocycles. The monoisotopic (exact) mass is 382 g/mol. The first-order valence-corrected chi connectivity index (χ1v) is 10.1. The van der Waals surface area contributed by atoms with Crippen molar-refractivity contribution in [3.8, 4) is 0 Å². The number of thiophene rings is 1. The summed E-state index contributed by atoms with van der Waals surface area (Å²) in [5, 5.41) is 6.51. The number of methoxy groups -OCH3 is 1. The van der Waals surface area contributed by atoms with E-state index in [-0.39, 0.29) is 17.3 Å². The second-order valence-electron chi connectivity index (χ2n) is 5.62. The molecule has 0 saturated carbocycles. The Kier molecular flexibility index (Phi) is 6.71. The molecule has 0 unspecified atom stereocenters. The molecule has 0 fully saturated rings. The summed E-state index contributed by atoms with van der Waals surface area (Å²) in [5.41, 5.74) is 2.10. The first kappa shape index (κ1) is 19.6. The minimum absolute atomic E-state index is 0.200. The van der Waals surface area contributed by atoms with Crippen molar-refractivity contribution in [2.24, 2.45) is 0 Å². The Morgan fingerprint density at radius 2 is 2.08 bits per heavy atom. The summed E-state index contributed by atoms with van der Waals surface area (Å²) in [6.07, 6.45) is 0. The van der Waals surface area contributed by atoms with Crippen LogP contribution in [-0.4, -0.2) is 38.9 Å². The van der Waals surface area contributed by atoms with Crippen LogP contribution in [0.3, 0.4) is 0 Å². The predicted molar refractivity (Wildman–Crippen MR) is 99.3 cm³/mol. The molecule has 0 spiro atoms. The summed E-state index contributed by atoms with van der Waals surface area (Å²) in [6.45, 7) is 4.00. The van der Waals surface area contributed by atoms with Crippen molar-refractivity contribution in [2.45, 2.75) is 25.3 Å². The van der Waals surface area contributed by atoms with Gasteiger partial charge in [0.25, 0.3) is 0 Å². The average molecular weight is 383 g/mol. The van der Waals surface area contributed by atoms with E-state index in [4.69, 9.17) is 4.74 Å². The smallest absolute Gasteiger partial charge is 0.243 e. The van der Waals surface area contributed by atoms with Gasteiger partial charge in [0, 0.05) is 32.8 Å². The van der Waals surface area contributed by atoms with Crippen LogP contribution >= 0.6 is 11.3 Å². The number of sulfonamides is 1. The number of carbonyl (C=O) groups is 1. The number of benzene rings is 1. The topological polar surface area (TPSA) is 75.7 Å². The number of rotatable bonds is 8. The molecule has 0 aliphatic carbocycles. The van der Waals surface area contributed by atoms with Crippen LogP contribution < -0.4 is 5.32 Å². The Morgan fingerprint density at radius 3 is 2.64 bits per heavy atom. The van der Waals surface area contributed by atoms with E-state index >= 15 is 0 Å². The van der Waals surface area contributed by atoms with Crippen molar-refractivity contribution in [3.63, 3.8) is 0 Å². The molecule has 0 aliphatic rings. The molecular weight excluding hydrogens is 360 g/mol. The lowest BCUT2D eigenvalue weighted by atomic mass is 10.2. The summed E-state index contributed by atoms with van der Waals surface area (Å²) in [4.78, 5) is 11.4. The lowest BCUT2D eigenvalue weighted by molar-refractivity contribution is -0.114. The first-order valence-electron chi connectivity index (χ1n) is 7.73. The molecule has 1 aromatic carbocycles. The molecule has 2 aromatic rings. The van der Waals surface area contributed by atoms with Gasteiger partial charge < -0.3 is 10.1 Å². The highest BCUT2D eigenvalue weighted by molar-refractivity contribution is 7.89. The van der Waals surface area contributed by atoms with Crippen molar-refractivity contribution in [1.82, 2.24) is 4.31 Å². The van der Waals surface area contributed by atoms with Crippen LogP contribution in [0.1, 0.15) is 18.1 Å². The van der Waals surface area contributed by atoms with Gasteiger partial charge in [0.2, 0.25) is 15.9 Å². The highest BCUT2D eigenvalue weighted by atomic mass is 32.2. The van der Waals surface area contributed by atoms with Gasteiger partial charge in [-0.15, -0.1) is 0 Å². The second-order valence-corrected chi connectivity index (χ2v) is 8.31. The molecule has 0 atom stereocenters. The average Bonchev–Trinajstić information content (AvgIpc) is 3.03. The summed E-state index contributed by atoms with van der Waals surface area (Å²) >= 11 is 1.53. The molecular formula is C17H22N2O4S2. The summed E-state index contributed by atoms with van der Waals surface area (Å²) in [5.74, 6) is -0.200. The molecule has 6 nitrogen and oxygen atoms in total. The molecule has 1 amide bonds. The molecule has 0 aliphatic heterocycles. The zero-order chi connectivity index (χ0) is 18.4. The SMILES string of the molecule is COCCN(Cc1ccsc1)S(=O)(=O)c1ccc(NC(C)=O)cc1C. The summed E-state index contributed by atoms with van der Waals surface area (Å²) in [7, 11) is -2.14. The summed E-state index contributed by atoms with van der Waals surface area (Å²) < 4.78 is 32.7. The molecule has 8 heteroatoms. The van der Waals surface area contributed by atoms with Gasteiger partial charge in [-0.2, -0.15) is 15.6 Å². The second kappa shape index (κ2) is 8.57. The number of nitrogens with one attached hydrogen (secondary N) is 1. The Bertz CT molecular complexity index is 817. The van der Waals surface area contributed by atoms with Gasteiger partial charge in [-0.25, -0.2) is 8.42 Å². The van der Waals surface area contributed by atoms with Crippen molar-refractivity contribution in [1.29, 1.82) is 0 Å². The maximum atomic E-state index is 13.1. The van der Waals surface area contributed by atoms with Crippen molar-refractivity contribution in [2.75, 3.05) is 25.6 Å². The Morgan fingerprint density at radius 1 is 1.32 bits per heavy atom. The molecule has 1 heterocycles. The van der Waals surface area contributed by atoms with E-state index in [1.807, 2.05) is 16.8 Å². The number of nitrogens with zero attached hydrogens (tertiary/aromatic N) is 1. The third kappa shape index (κ3) is 5.12. The highest BCUT2D eigenvalue weighted by Gasteiger charge is 2.26. The van der Waals surface area contributed by atoms with Crippen molar-refractivity contribution in [3.05, 3.63) is 46.2 Å². The lowest BCUT2D eigenvalue weighted by Crippen LogP contribution is -2.33. The fourth-order valence-corrected chi connectivity index (χ4v) is 4.70. The van der Waals surface area contributed by atoms with Crippen LogP contribution in [-0.2, 0) is 26.1 Å². The van der Waals surface area contributed by atoms with Crippen LogP contribution in [0.25, 0.3) is 0 Å². The normalized spacial score (nSPS) is 11.7. The largest absolute Gasteiger partial charge is 0.383 e. The number of anilines is 1. The summed E-state index contributed by atoms with van der Waals surface area (Å²) in [6, 6.07) is 6.70. The van der Waals surface area contributed by atoms with Gasteiger partial charge in [-0.05, 0) is 53.1 Å². The molecule has 0 radical (unpaired) electrons.